The van der Waals surface area contributed by atoms with Gasteiger partial charge in [-0.25, -0.2) is 4.98 Å². The first-order valence-electron chi connectivity index (χ1n) is 7.15. The second kappa shape index (κ2) is 6.24. The van der Waals surface area contributed by atoms with Crippen LogP contribution in [0.1, 0.15) is 23.3 Å². The lowest BCUT2D eigenvalue weighted by molar-refractivity contribution is -0.0355. The minimum Gasteiger partial charge on any atom is -0.373 e. The van der Waals surface area contributed by atoms with E-state index < -0.39 is 0 Å². The molecule has 0 saturated carbocycles. The Balaban J connectivity index is 1.67. The van der Waals surface area contributed by atoms with Gasteiger partial charge in [0.2, 0.25) is 0 Å². The Labute approximate surface area is 124 Å². The van der Waals surface area contributed by atoms with E-state index in [4.69, 9.17) is 9.26 Å². The predicted octanol–water partition coefficient (Wildman–Crippen LogP) is 1.99. The lowest BCUT2D eigenvalue weighted by Crippen LogP contribution is -2.38. The molecule has 1 fully saturated rings. The van der Waals surface area contributed by atoms with E-state index in [1.54, 1.807) is 0 Å². The van der Waals surface area contributed by atoms with Crippen molar-refractivity contribution in [2.45, 2.75) is 19.6 Å². The number of morpholine rings is 1. The van der Waals surface area contributed by atoms with Crippen molar-refractivity contribution >= 4 is 5.82 Å². The van der Waals surface area contributed by atoms with Crippen LogP contribution in [-0.2, 0) is 11.3 Å². The first kappa shape index (κ1) is 14.0. The van der Waals surface area contributed by atoms with Crippen LogP contribution in [0.4, 0.5) is 5.82 Å². The van der Waals surface area contributed by atoms with E-state index in [0.29, 0.717) is 6.61 Å². The first-order chi connectivity index (χ1) is 10.2. The third-order valence-corrected chi connectivity index (χ3v) is 3.57. The summed E-state index contributed by atoms with van der Waals surface area (Å²) in [4.78, 5) is 6.88. The minimum atomic E-state index is 0.0000444. The topological polar surface area (TPSA) is 63.4 Å². The van der Waals surface area contributed by atoms with Crippen LogP contribution in [-0.4, -0.2) is 41.8 Å². The number of aromatic nitrogens is 2. The molecular formula is C15H20N4O2. The second-order valence-electron chi connectivity index (χ2n) is 5.22. The van der Waals surface area contributed by atoms with Crippen molar-refractivity contribution in [3.05, 3.63) is 41.4 Å². The molecule has 21 heavy (non-hydrogen) atoms. The molecule has 0 amide bonds. The Kier molecular flexibility index (Phi) is 4.17. The molecule has 3 rings (SSSR count). The van der Waals surface area contributed by atoms with Crippen molar-refractivity contribution in [3.8, 4) is 0 Å². The van der Waals surface area contributed by atoms with Crippen LogP contribution in [0.3, 0.4) is 0 Å². The van der Waals surface area contributed by atoms with Gasteiger partial charge in [-0.3, -0.25) is 4.90 Å². The number of ether oxygens (including phenoxy) is 1. The van der Waals surface area contributed by atoms with Gasteiger partial charge in [-0.2, -0.15) is 0 Å². The van der Waals surface area contributed by atoms with Crippen molar-refractivity contribution < 1.29 is 9.26 Å². The molecule has 1 saturated heterocycles. The molecule has 3 heterocycles. The van der Waals surface area contributed by atoms with Gasteiger partial charge in [-0.15, -0.1) is 0 Å². The number of nitrogens with one attached hydrogen (secondary N) is 1. The van der Waals surface area contributed by atoms with Gasteiger partial charge < -0.3 is 14.6 Å². The summed E-state index contributed by atoms with van der Waals surface area (Å²) in [5.41, 5.74) is 1.92. The van der Waals surface area contributed by atoms with Gasteiger partial charge in [0.25, 0.3) is 0 Å². The van der Waals surface area contributed by atoms with E-state index in [9.17, 15) is 0 Å². The number of aryl methyl sites for hydroxylation is 1. The quantitative estimate of drug-likeness (QED) is 0.928. The number of hydrogen-bond donors (Lipinski definition) is 1. The van der Waals surface area contributed by atoms with E-state index in [1.165, 1.54) is 0 Å². The van der Waals surface area contributed by atoms with Crippen LogP contribution in [0.2, 0.25) is 0 Å². The number of rotatable bonds is 4. The molecule has 6 heteroatoms. The van der Waals surface area contributed by atoms with Crippen molar-refractivity contribution in [3.63, 3.8) is 0 Å². The van der Waals surface area contributed by atoms with Crippen molar-refractivity contribution in [1.82, 2.24) is 15.0 Å². The normalized spacial score (nSPS) is 19.6. The summed E-state index contributed by atoms with van der Waals surface area (Å²) < 4.78 is 11.0. The van der Waals surface area contributed by atoms with Crippen LogP contribution in [0.25, 0.3) is 0 Å². The standard InChI is InChI=1S/C15H20N4O2/c1-11-8-12(18-21-11)9-19-6-7-20-14(10-19)13-4-3-5-15(16-2)17-13/h3-5,8,14H,6-7,9-10H2,1-2H3,(H,16,17). The number of anilines is 1. The smallest absolute Gasteiger partial charge is 0.133 e. The van der Waals surface area contributed by atoms with Gasteiger partial charge >= 0.3 is 0 Å². The number of nitrogens with zero attached hydrogens (tertiary/aromatic N) is 3. The highest BCUT2D eigenvalue weighted by molar-refractivity contribution is 5.34. The van der Waals surface area contributed by atoms with Gasteiger partial charge in [0, 0.05) is 32.7 Å². The van der Waals surface area contributed by atoms with Gasteiger partial charge in [-0.1, -0.05) is 11.2 Å². The van der Waals surface area contributed by atoms with Crippen molar-refractivity contribution in [2.24, 2.45) is 0 Å². The number of hydrogen-bond acceptors (Lipinski definition) is 6. The van der Waals surface area contributed by atoms with Gasteiger partial charge in [-0.05, 0) is 19.1 Å². The molecule has 1 aliphatic heterocycles. The molecule has 0 aliphatic carbocycles. The fraction of sp³-hybridized carbons (Fsp3) is 0.467. The summed E-state index contributed by atoms with van der Waals surface area (Å²) in [5.74, 6) is 1.71. The van der Waals surface area contributed by atoms with E-state index in [1.807, 2.05) is 38.2 Å². The molecule has 0 aromatic carbocycles. The summed E-state index contributed by atoms with van der Waals surface area (Å²) in [5, 5.41) is 7.11. The van der Waals surface area contributed by atoms with Crippen LogP contribution < -0.4 is 5.32 Å². The molecule has 1 atom stereocenters. The maximum atomic E-state index is 5.86. The van der Waals surface area contributed by atoms with Crippen molar-refractivity contribution in [1.29, 1.82) is 0 Å². The maximum Gasteiger partial charge on any atom is 0.133 e. The van der Waals surface area contributed by atoms with Crippen LogP contribution in [0, 0.1) is 6.92 Å². The summed E-state index contributed by atoms with van der Waals surface area (Å²) in [6.45, 7) is 5.10. The van der Waals surface area contributed by atoms with Gasteiger partial charge in [0.1, 0.15) is 17.7 Å². The lowest BCUT2D eigenvalue weighted by Gasteiger charge is -2.32. The Morgan fingerprint density at radius 2 is 2.33 bits per heavy atom. The van der Waals surface area contributed by atoms with Crippen molar-refractivity contribution in [2.75, 3.05) is 32.1 Å². The Morgan fingerprint density at radius 1 is 1.43 bits per heavy atom. The SMILES string of the molecule is CNc1cccc(C2CN(Cc3cc(C)on3)CCO2)n1. The van der Waals surface area contributed by atoms with E-state index in [2.05, 4.69) is 20.4 Å². The van der Waals surface area contributed by atoms with Crippen LogP contribution in [0.5, 0.6) is 0 Å². The van der Waals surface area contributed by atoms with E-state index >= 15 is 0 Å². The molecule has 112 valence electrons. The Morgan fingerprint density at radius 3 is 3.10 bits per heavy atom. The average Bonchev–Trinajstić information content (AvgIpc) is 2.93. The zero-order valence-electron chi connectivity index (χ0n) is 12.4. The van der Waals surface area contributed by atoms with E-state index in [0.717, 1.165) is 42.6 Å². The Bertz CT molecular complexity index is 599. The van der Waals surface area contributed by atoms with Gasteiger partial charge in [0.05, 0.1) is 18.0 Å². The zero-order valence-corrected chi connectivity index (χ0v) is 12.4. The fourth-order valence-corrected chi connectivity index (χ4v) is 2.52. The summed E-state index contributed by atoms with van der Waals surface area (Å²) in [6, 6.07) is 7.93. The maximum absolute atomic E-state index is 5.86. The highest BCUT2D eigenvalue weighted by Crippen LogP contribution is 2.22. The lowest BCUT2D eigenvalue weighted by atomic mass is 10.2. The molecule has 1 unspecified atom stereocenters. The molecule has 1 aliphatic rings. The molecule has 1 N–H and O–H groups in total. The second-order valence-corrected chi connectivity index (χ2v) is 5.22. The molecule has 2 aromatic heterocycles. The zero-order chi connectivity index (χ0) is 14.7. The molecule has 6 nitrogen and oxygen atoms in total. The third kappa shape index (κ3) is 3.40. The third-order valence-electron chi connectivity index (χ3n) is 3.57. The molecule has 2 aromatic rings. The van der Waals surface area contributed by atoms with Gasteiger partial charge in [0.15, 0.2) is 0 Å². The molecule has 0 spiro atoms. The monoisotopic (exact) mass is 288 g/mol. The predicted molar refractivity (Wildman–Crippen MR) is 79.0 cm³/mol. The molecular weight excluding hydrogens is 268 g/mol. The summed E-state index contributed by atoms with van der Waals surface area (Å²) >= 11 is 0. The first-order valence-corrected chi connectivity index (χ1v) is 7.15. The summed E-state index contributed by atoms with van der Waals surface area (Å²) in [6.07, 6.45) is 0.0000444. The Hall–Kier alpha value is -1.92. The molecule has 0 bridgehead atoms. The number of pyridine rings is 1. The summed E-state index contributed by atoms with van der Waals surface area (Å²) in [7, 11) is 1.87. The largest absolute Gasteiger partial charge is 0.373 e. The highest BCUT2D eigenvalue weighted by atomic mass is 16.5. The minimum absolute atomic E-state index is 0.0000444. The van der Waals surface area contributed by atoms with Crippen LogP contribution in [0.15, 0.2) is 28.8 Å². The van der Waals surface area contributed by atoms with Crippen LogP contribution >= 0.6 is 0 Å². The highest BCUT2D eigenvalue weighted by Gasteiger charge is 2.23. The van der Waals surface area contributed by atoms with E-state index in [-0.39, 0.29) is 6.10 Å². The fourth-order valence-electron chi connectivity index (χ4n) is 2.52. The average molecular weight is 288 g/mol. The molecule has 0 radical (unpaired) electrons.